The smallest absolute Gasteiger partial charge is 0.264 e. The second-order valence-electron chi connectivity index (χ2n) is 8.42. The zero-order valence-corrected chi connectivity index (χ0v) is 18.9. The number of pyridine rings is 2. The molecule has 1 aromatic carbocycles. The molecule has 1 fully saturated rings. The molecule has 2 aromatic heterocycles. The Morgan fingerprint density at radius 1 is 1.27 bits per heavy atom. The van der Waals surface area contributed by atoms with Crippen LogP contribution in [0.15, 0.2) is 41.3 Å². The predicted molar refractivity (Wildman–Crippen MR) is 125 cm³/mol. The number of rotatable bonds is 5. The molecule has 1 saturated carbocycles. The van der Waals surface area contributed by atoms with E-state index in [1.807, 2.05) is 0 Å². The normalized spacial score (nSPS) is 18.3. The van der Waals surface area contributed by atoms with Crippen molar-refractivity contribution in [1.82, 2.24) is 14.9 Å². The highest BCUT2D eigenvalue weighted by Crippen LogP contribution is 2.36. The van der Waals surface area contributed by atoms with Crippen molar-refractivity contribution in [2.24, 2.45) is 5.92 Å². The highest BCUT2D eigenvalue weighted by Gasteiger charge is 2.28. The van der Waals surface area contributed by atoms with Crippen LogP contribution in [-0.2, 0) is 0 Å². The maximum atomic E-state index is 13.4. The molecule has 1 aliphatic rings. The molecule has 3 N–H and O–H groups in total. The number of carbonyl (C=O) groups is 2. The first kappa shape index (κ1) is 22.9. The zero-order valence-electron chi connectivity index (χ0n) is 18.1. The number of nitrogens with one attached hydrogen (secondary N) is 1. The molecule has 172 valence electrons. The molecule has 0 radical (unpaired) electrons. The fraction of sp³-hybridized carbons (Fsp3) is 0.333. The SMILES string of the molecule is CC(=O)c1c(N)c2c(Cl)cccc2n(C2CCCC(CNC(=O)c3ccc(F)nc3)C2)c1=O. The third-order valence-corrected chi connectivity index (χ3v) is 6.55. The van der Waals surface area contributed by atoms with Crippen molar-refractivity contribution >= 4 is 39.9 Å². The summed E-state index contributed by atoms with van der Waals surface area (Å²) < 4.78 is 14.6. The summed E-state index contributed by atoms with van der Waals surface area (Å²) in [4.78, 5) is 41.5. The third-order valence-electron chi connectivity index (χ3n) is 6.24. The van der Waals surface area contributed by atoms with Gasteiger partial charge >= 0.3 is 0 Å². The molecular weight excluding hydrogens is 447 g/mol. The Morgan fingerprint density at radius 3 is 2.76 bits per heavy atom. The van der Waals surface area contributed by atoms with E-state index in [9.17, 15) is 18.8 Å². The van der Waals surface area contributed by atoms with Crippen LogP contribution in [0, 0.1) is 11.9 Å². The lowest BCUT2D eigenvalue weighted by molar-refractivity contribution is 0.0938. The van der Waals surface area contributed by atoms with Gasteiger partial charge in [-0.2, -0.15) is 4.39 Å². The maximum Gasteiger partial charge on any atom is 0.264 e. The van der Waals surface area contributed by atoms with Gasteiger partial charge in [0.25, 0.3) is 11.5 Å². The molecule has 0 spiro atoms. The number of fused-ring (bicyclic) bond motifs is 1. The lowest BCUT2D eigenvalue weighted by Crippen LogP contribution is -2.36. The summed E-state index contributed by atoms with van der Waals surface area (Å²) in [6.07, 6.45) is 4.35. The quantitative estimate of drug-likeness (QED) is 0.430. The number of anilines is 1. The van der Waals surface area contributed by atoms with Crippen molar-refractivity contribution in [2.45, 2.75) is 38.6 Å². The minimum Gasteiger partial charge on any atom is -0.397 e. The van der Waals surface area contributed by atoms with Crippen molar-refractivity contribution in [2.75, 3.05) is 12.3 Å². The van der Waals surface area contributed by atoms with Crippen molar-refractivity contribution < 1.29 is 14.0 Å². The van der Waals surface area contributed by atoms with E-state index in [0.29, 0.717) is 28.9 Å². The lowest BCUT2D eigenvalue weighted by Gasteiger charge is -2.32. The number of Topliss-reactive ketones (excluding diaryl/α,β-unsaturated/α-hetero) is 1. The number of nitrogens with two attached hydrogens (primary N) is 1. The first-order valence-corrected chi connectivity index (χ1v) is 11.2. The standard InChI is InChI=1S/C24H24ClFN4O3/c1-13(31)20-22(27)21-17(25)6-3-7-18(21)30(24(20)33)16-5-2-4-14(10-16)11-29-23(32)15-8-9-19(26)28-12-15/h3,6-9,12,14,16H,2,4-5,10-11,27H2,1H3,(H,29,32). The summed E-state index contributed by atoms with van der Waals surface area (Å²) in [5, 5.41) is 3.76. The Balaban J connectivity index is 1.62. The van der Waals surface area contributed by atoms with E-state index in [1.54, 1.807) is 22.8 Å². The van der Waals surface area contributed by atoms with Gasteiger partial charge in [-0.25, -0.2) is 4.98 Å². The number of carbonyl (C=O) groups excluding carboxylic acids is 2. The van der Waals surface area contributed by atoms with Gasteiger partial charge in [0.1, 0.15) is 5.56 Å². The van der Waals surface area contributed by atoms with Crippen molar-refractivity contribution in [3.05, 3.63) is 69.0 Å². The van der Waals surface area contributed by atoms with Crippen LogP contribution in [0.2, 0.25) is 5.02 Å². The van der Waals surface area contributed by atoms with E-state index >= 15 is 0 Å². The fourth-order valence-corrected chi connectivity index (χ4v) is 4.96. The second kappa shape index (κ2) is 9.31. The minimum absolute atomic E-state index is 0.0464. The summed E-state index contributed by atoms with van der Waals surface area (Å²) in [5.41, 5.74) is 6.73. The molecule has 1 aliphatic carbocycles. The van der Waals surface area contributed by atoms with Crippen LogP contribution in [0.1, 0.15) is 59.4 Å². The number of ketones is 1. The summed E-state index contributed by atoms with van der Waals surface area (Å²) in [5.74, 6) is -1.25. The van der Waals surface area contributed by atoms with Crippen molar-refractivity contribution in [3.8, 4) is 0 Å². The summed E-state index contributed by atoms with van der Waals surface area (Å²) in [6, 6.07) is 7.58. The number of nitrogens with zero attached hydrogens (tertiary/aromatic N) is 2. The van der Waals surface area contributed by atoms with Crippen LogP contribution in [0.25, 0.3) is 10.9 Å². The Morgan fingerprint density at radius 2 is 2.06 bits per heavy atom. The van der Waals surface area contributed by atoms with Gasteiger partial charge in [0.05, 0.1) is 21.8 Å². The van der Waals surface area contributed by atoms with E-state index in [-0.39, 0.29) is 34.7 Å². The van der Waals surface area contributed by atoms with E-state index in [0.717, 1.165) is 25.3 Å². The first-order valence-electron chi connectivity index (χ1n) is 10.8. The second-order valence-corrected chi connectivity index (χ2v) is 8.83. The fourth-order valence-electron chi connectivity index (χ4n) is 4.68. The van der Waals surface area contributed by atoms with Gasteiger partial charge in [0, 0.05) is 24.2 Å². The number of hydrogen-bond donors (Lipinski definition) is 2. The molecule has 4 rings (SSSR count). The van der Waals surface area contributed by atoms with Gasteiger partial charge in [-0.3, -0.25) is 14.4 Å². The van der Waals surface area contributed by atoms with E-state index in [4.69, 9.17) is 17.3 Å². The highest BCUT2D eigenvalue weighted by molar-refractivity contribution is 6.36. The predicted octanol–water partition coefficient (Wildman–Crippen LogP) is 4.14. The number of aromatic nitrogens is 2. The lowest BCUT2D eigenvalue weighted by atomic mass is 9.85. The summed E-state index contributed by atoms with van der Waals surface area (Å²) >= 11 is 6.40. The topological polar surface area (TPSA) is 107 Å². The molecule has 0 bridgehead atoms. The van der Waals surface area contributed by atoms with Gasteiger partial charge in [-0.05, 0) is 56.4 Å². The Hall–Kier alpha value is -3.26. The van der Waals surface area contributed by atoms with Crippen LogP contribution in [0.3, 0.4) is 0 Å². The van der Waals surface area contributed by atoms with Crippen molar-refractivity contribution in [1.29, 1.82) is 0 Å². The summed E-state index contributed by atoms with van der Waals surface area (Å²) in [7, 11) is 0. The van der Waals surface area contributed by atoms with Crippen LogP contribution in [-0.4, -0.2) is 27.8 Å². The van der Waals surface area contributed by atoms with Crippen LogP contribution >= 0.6 is 11.6 Å². The largest absolute Gasteiger partial charge is 0.397 e. The number of benzene rings is 1. The summed E-state index contributed by atoms with van der Waals surface area (Å²) in [6.45, 7) is 1.73. The monoisotopic (exact) mass is 470 g/mol. The molecule has 3 aromatic rings. The van der Waals surface area contributed by atoms with Gasteiger partial charge in [0.15, 0.2) is 5.78 Å². The molecular formula is C24H24ClFN4O3. The van der Waals surface area contributed by atoms with Gasteiger partial charge in [0.2, 0.25) is 5.95 Å². The number of amides is 1. The number of nitrogen functional groups attached to an aromatic ring is 1. The third kappa shape index (κ3) is 4.48. The molecule has 2 atom stereocenters. The highest BCUT2D eigenvalue weighted by atomic mass is 35.5. The van der Waals surface area contributed by atoms with Crippen LogP contribution < -0.4 is 16.6 Å². The van der Waals surface area contributed by atoms with Gasteiger partial charge < -0.3 is 15.6 Å². The van der Waals surface area contributed by atoms with Gasteiger partial charge in [-0.15, -0.1) is 0 Å². The molecule has 9 heteroatoms. The molecule has 0 aliphatic heterocycles. The average molecular weight is 471 g/mol. The average Bonchev–Trinajstić information content (AvgIpc) is 2.78. The minimum atomic E-state index is -0.645. The van der Waals surface area contributed by atoms with E-state index < -0.39 is 17.3 Å². The van der Waals surface area contributed by atoms with Crippen LogP contribution in [0.5, 0.6) is 0 Å². The van der Waals surface area contributed by atoms with E-state index in [1.165, 1.54) is 19.2 Å². The zero-order chi connectivity index (χ0) is 23.7. The Bertz CT molecular complexity index is 1290. The molecule has 7 nitrogen and oxygen atoms in total. The maximum absolute atomic E-state index is 13.4. The Kier molecular flexibility index (Phi) is 6.47. The number of halogens is 2. The molecule has 0 saturated heterocycles. The molecule has 2 heterocycles. The van der Waals surface area contributed by atoms with Crippen LogP contribution in [0.4, 0.5) is 10.1 Å². The molecule has 33 heavy (non-hydrogen) atoms. The number of hydrogen-bond acceptors (Lipinski definition) is 5. The first-order chi connectivity index (χ1) is 15.8. The van der Waals surface area contributed by atoms with E-state index in [2.05, 4.69) is 10.3 Å². The molecule has 1 amide bonds. The Labute approximate surface area is 194 Å². The van der Waals surface area contributed by atoms with Gasteiger partial charge in [-0.1, -0.05) is 24.1 Å². The van der Waals surface area contributed by atoms with Crippen molar-refractivity contribution in [3.63, 3.8) is 0 Å². The molecule has 2 unspecified atom stereocenters.